The molecule has 2 aromatic rings. The zero-order chi connectivity index (χ0) is 36.8. The van der Waals surface area contributed by atoms with E-state index >= 15 is 0 Å². The van der Waals surface area contributed by atoms with Crippen LogP contribution in [0, 0.1) is 28.6 Å². The van der Waals surface area contributed by atoms with Crippen LogP contribution in [-0.4, -0.2) is 50.3 Å². The number of carbonyl (C=O) groups excluding carboxylic acids is 2. The second-order valence-electron chi connectivity index (χ2n) is 18.8. The smallest absolute Gasteiger partial charge is 0.220 e. The molecular formula is C44H58N2O5. The first kappa shape index (κ1) is 35.1. The summed E-state index contributed by atoms with van der Waals surface area (Å²) in [6.45, 7) is 24.3. The fraction of sp³-hybridized carbons (Fsp3) is 0.636. The Morgan fingerprint density at radius 2 is 1.84 bits per heavy atom. The maximum absolute atomic E-state index is 14.9. The number of nitrogens with one attached hydrogen (secondary N) is 1. The number of amides is 1. The molecule has 51 heavy (non-hydrogen) atoms. The van der Waals surface area contributed by atoms with Crippen molar-refractivity contribution in [2.75, 3.05) is 6.54 Å². The van der Waals surface area contributed by atoms with E-state index in [1.165, 1.54) is 11.3 Å². The lowest BCUT2D eigenvalue weighted by molar-refractivity contribution is -0.145. The van der Waals surface area contributed by atoms with Crippen LogP contribution in [0.5, 0.6) is 0 Å². The second-order valence-corrected chi connectivity index (χ2v) is 18.8. The van der Waals surface area contributed by atoms with Gasteiger partial charge in [-0.05, 0) is 119 Å². The first-order valence-electron chi connectivity index (χ1n) is 19.5. The highest BCUT2D eigenvalue weighted by molar-refractivity contribution is 6.18. The molecule has 0 spiro atoms. The third-order valence-corrected chi connectivity index (χ3v) is 15.0. The molecule has 1 aromatic heterocycles. The molecule has 7 nitrogen and oxygen atoms in total. The molecule has 8 rings (SSSR count). The Kier molecular flexibility index (Phi) is 7.57. The van der Waals surface area contributed by atoms with Crippen molar-refractivity contribution in [3.63, 3.8) is 0 Å². The van der Waals surface area contributed by atoms with Gasteiger partial charge < -0.3 is 24.8 Å². The summed E-state index contributed by atoms with van der Waals surface area (Å²) >= 11 is 0. The SMILES string of the molecule is C=C(C)[C@H]1C(=O)c2c3c(cc4c5c(n1c24)[C@@]1(C)C(CC[C@H]2[C@](C)(/C=C/CNC(=O)CCC)[C@@H](O)CC[C@@]21C)C5)C1=CC(C)(C)OC(C)(C)C1[C@@H]3O. The van der Waals surface area contributed by atoms with E-state index in [2.05, 4.69) is 89.2 Å². The molecule has 2 aliphatic heterocycles. The number of ketones is 1. The summed E-state index contributed by atoms with van der Waals surface area (Å²) in [6.07, 6.45) is 11.1. The first-order valence-corrected chi connectivity index (χ1v) is 19.5. The number of aromatic nitrogens is 1. The van der Waals surface area contributed by atoms with Crippen molar-refractivity contribution in [2.24, 2.45) is 28.6 Å². The van der Waals surface area contributed by atoms with Gasteiger partial charge in [0, 0.05) is 46.4 Å². The molecule has 0 radical (unpaired) electrons. The predicted octanol–water partition coefficient (Wildman–Crippen LogP) is 8.07. The quantitative estimate of drug-likeness (QED) is 0.266. The number of aliphatic hydroxyl groups excluding tert-OH is 2. The van der Waals surface area contributed by atoms with E-state index in [9.17, 15) is 19.8 Å². The average Bonchev–Trinajstić information content (AvgIpc) is 3.70. The van der Waals surface area contributed by atoms with E-state index in [4.69, 9.17) is 4.74 Å². The number of hydrogen-bond donors (Lipinski definition) is 3. The van der Waals surface area contributed by atoms with Crippen LogP contribution in [-0.2, 0) is 21.4 Å². The number of benzene rings is 1. The molecule has 2 unspecified atom stereocenters. The van der Waals surface area contributed by atoms with E-state index in [1.807, 2.05) is 13.8 Å². The monoisotopic (exact) mass is 694 g/mol. The Hall–Kier alpha value is -3.00. The van der Waals surface area contributed by atoms with Gasteiger partial charge in [-0.2, -0.15) is 0 Å². The summed E-state index contributed by atoms with van der Waals surface area (Å²) in [4.78, 5) is 27.1. The number of nitrogens with zero attached hydrogens (tertiary/aromatic N) is 1. The Balaban J connectivity index is 1.31. The molecule has 1 aromatic carbocycles. The van der Waals surface area contributed by atoms with Gasteiger partial charge in [-0.25, -0.2) is 0 Å². The second kappa shape index (κ2) is 11.0. The van der Waals surface area contributed by atoms with Crippen LogP contribution in [0.3, 0.4) is 0 Å². The highest BCUT2D eigenvalue weighted by Crippen LogP contribution is 2.71. The minimum Gasteiger partial charge on any atom is -0.392 e. The van der Waals surface area contributed by atoms with E-state index in [0.717, 1.165) is 65.3 Å². The van der Waals surface area contributed by atoms with Gasteiger partial charge >= 0.3 is 0 Å². The number of ether oxygens (including phenoxy) is 1. The standard InChI is InChI=1S/C44H58N2O5/c1-11-13-31(48)45-19-12-17-42(8)29-15-14-24-20-27-26-21-25-28-22-40(4,5)51-41(6,7)34(28)37(49)32(25)33-36(26)46(35(23(2)3)38(33)50)39(27)44(24,10)43(29,9)18-16-30(42)47/h12,17,21-22,24,29-30,34-35,37,47,49H,2,11,13-16,18-20H2,1,3-10H3,(H,45,48)/b17-12+/t24?,29-,30-,34?,35-,37+,42-,43-,44+/m0/s1. The summed E-state index contributed by atoms with van der Waals surface area (Å²) in [5.41, 5.74) is 5.97. The predicted molar refractivity (Wildman–Crippen MR) is 202 cm³/mol. The molecule has 3 heterocycles. The molecule has 7 heteroatoms. The largest absolute Gasteiger partial charge is 0.392 e. The van der Waals surface area contributed by atoms with Crippen molar-refractivity contribution in [1.29, 1.82) is 0 Å². The van der Waals surface area contributed by atoms with Crippen molar-refractivity contribution >= 4 is 28.2 Å². The summed E-state index contributed by atoms with van der Waals surface area (Å²) in [6, 6.07) is 1.79. The van der Waals surface area contributed by atoms with E-state index in [-0.39, 0.29) is 34.4 Å². The van der Waals surface area contributed by atoms with E-state index in [1.54, 1.807) is 0 Å². The van der Waals surface area contributed by atoms with Crippen LogP contribution in [0.4, 0.5) is 0 Å². The number of fused-ring (bicyclic) bond motifs is 11. The zero-order valence-electron chi connectivity index (χ0n) is 32.2. The van der Waals surface area contributed by atoms with E-state index < -0.39 is 34.9 Å². The summed E-state index contributed by atoms with van der Waals surface area (Å²) < 4.78 is 8.90. The molecule has 2 fully saturated rings. The van der Waals surface area contributed by atoms with Crippen LogP contribution >= 0.6 is 0 Å². The molecule has 4 aliphatic carbocycles. The number of Topliss-reactive ketones (excluding diaryl/α,β-unsaturated/α-hetero) is 1. The topological polar surface area (TPSA) is 101 Å². The minimum absolute atomic E-state index is 0.0416. The van der Waals surface area contributed by atoms with Crippen molar-refractivity contribution in [1.82, 2.24) is 9.88 Å². The normalized spacial score (nSPS) is 38.3. The van der Waals surface area contributed by atoms with Crippen molar-refractivity contribution in [3.05, 3.63) is 64.4 Å². The Bertz CT molecular complexity index is 1960. The van der Waals surface area contributed by atoms with Crippen molar-refractivity contribution in [3.8, 4) is 0 Å². The Labute approximate surface area is 303 Å². The lowest BCUT2D eigenvalue weighted by Gasteiger charge is -2.64. The van der Waals surface area contributed by atoms with Crippen LogP contribution in [0.1, 0.15) is 146 Å². The minimum atomic E-state index is -0.846. The van der Waals surface area contributed by atoms with Gasteiger partial charge in [0.05, 0.1) is 34.5 Å². The van der Waals surface area contributed by atoms with E-state index in [0.29, 0.717) is 30.9 Å². The van der Waals surface area contributed by atoms with Gasteiger partial charge in [-0.1, -0.05) is 52.0 Å². The van der Waals surface area contributed by atoms with Crippen molar-refractivity contribution in [2.45, 2.75) is 142 Å². The summed E-state index contributed by atoms with van der Waals surface area (Å²) in [7, 11) is 0. The molecular weight excluding hydrogens is 636 g/mol. The number of hydrogen-bond acceptors (Lipinski definition) is 5. The van der Waals surface area contributed by atoms with Gasteiger partial charge in [-0.3, -0.25) is 9.59 Å². The molecule has 0 bridgehead atoms. The molecule has 0 saturated heterocycles. The molecule has 6 aliphatic rings. The van der Waals surface area contributed by atoms with Gasteiger partial charge in [0.1, 0.15) is 6.04 Å². The van der Waals surface area contributed by atoms with Crippen LogP contribution in [0.2, 0.25) is 0 Å². The van der Waals surface area contributed by atoms with Gasteiger partial charge in [-0.15, -0.1) is 0 Å². The summed E-state index contributed by atoms with van der Waals surface area (Å²) in [5, 5.41) is 28.1. The molecule has 9 atom stereocenters. The fourth-order valence-electron chi connectivity index (χ4n) is 12.9. The first-order chi connectivity index (χ1) is 23.8. The fourth-order valence-corrected chi connectivity index (χ4v) is 12.9. The highest BCUT2D eigenvalue weighted by Gasteiger charge is 2.67. The number of allylic oxidation sites excluding steroid dienone is 1. The van der Waals surface area contributed by atoms with Crippen LogP contribution in [0.15, 0.2) is 36.4 Å². The lowest BCUT2D eigenvalue weighted by atomic mass is 9.40. The van der Waals surface area contributed by atoms with Gasteiger partial charge in [0.15, 0.2) is 5.78 Å². The number of aliphatic hydroxyl groups is 2. The molecule has 1 amide bonds. The Morgan fingerprint density at radius 1 is 1.12 bits per heavy atom. The maximum Gasteiger partial charge on any atom is 0.220 e. The average molecular weight is 695 g/mol. The van der Waals surface area contributed by atoms with Gasteiger partial charge in [0.25, 0.3) is 0 Å². The number of rotatable bonds is 6. The van der Waals surface area contributed by atoms with Crippen molar-refractivity contribution < 1.29 is 24.5 Å². The third kappa shape index (κ3) is 4.40. The molecule has 2 saturated carbocycles. The molecule has 274 valence electrons. The Morgan fingerprint density at radius 3 is 2.53 bits per heavy atom. The summed E-state index contributed by atoms with van der Waals surface area (Å²) in [5.74, 6) is 0.450. The maximum atomic E-state index is 14.9. The van der Waals surface area contributed by atoms with Gasteiger partial charge in [0.2, 0.25) is 5.91 Å². The highest BCUT2D eigenvalue weighted by atomic mass is 16.5. The third-order valence-electron chi connectivity index (χ3n) is 15.0. The number of carbonyl (C=O) groups is 2. The zero-order valence-corrected chi connectivity index (χ0v) is 32.2. The van der Waals surface area contributed by atoms with Crippen LogP contribution in [0.25, 0.3) is 16.5 Å². The molecule has 3 N–H and O–H groups in total. The lowest BCUT2D eigenvalue weighted by Crippen LogP contribution is -2.62. The van der Waals surface area contributed by atoms with Crippen LogP contribution < -0.4 is 5.32 Å².